The smallest absolute Gasteiger partial charge is 0.407 e. The number of aliphatic hydroxyl groups is 1. The van der Waals surface area contributed by atoms with Crippen molar-refractivity contribution in [3.05, 3.63) is 0 Å². The van der Waals surface area contributed by atoms with E-state index in [4.69, 9.17) is 4.74 Å². The Morgan fingerprint density at radius 3 is 2.26 bits per heavy atom. The third kappa shape index (κ3) is 2.60. The van der Waals surface area contributed by atoms with Gasteiger partial charge in [0.2, 0.25) is 0 Å². The van der Waals surface area contributed by atoms with Crippen LogP contribution in [0.15, 0.2) is 0 Å². The molecule has 0 heterocycles. The molecule has 0 aromatic heterocycles. The maximum Gasteiger partial charge on any atom is 0.407 e. The number of hydrogen-bond donors (Lipinski definition) is 2. The summed E-state index contributed by atoms with van der Waals surface area (Å²) in [6, 6.07) is 0. The minimum Gasteiger partial charge on any atom is -0.446 e. The van der Waals surface area contributed by atoms with Gasteiger partial charge in [-0.05, 0) is 70.6 Å². The van der Waals surface area contributed by atoms with Crippen LogP contribution in [0, 0.1) is 17.8 Å². The van der Waals surface area contributed by atoms with E-state index in [1.165, 1.54) is 0 Å². The first-order chi connectivity index (χ1) is 8.74. The summed E-state index contributed by atoms with van der Waals surface area (Å²) < 4.78 is 5.69. The molecule has 0 aromatic rings. The maximum atomic E-state index is 11.9. The quantitative estimate of drug-likeness (QED) is 0.767. The van der Waals surface area contributed by atoms with Crippen LogP contribution in [0.4, 0.5) is 4.79 Å². The number of hydrogen-bond acceptors (Lipinski definition) is 3. The summed E-state index contributed by atoms with van der Waals surface area (Å²) in [7, 11) is 0. The predicted molar refractivity (Wildman–Crippen MR) is 71.7 cm³/mol. The Morgan fingerprint density at radius 2 is 1.79 bits per heavy atom. The van der Waals surface area contributed by atoms with Crippen LogP contribution in [0.3, 0.4) is 0 Å². The fourth-order valence-electron chi connectivity index (χ4n) is 4.59. The summed E-state index contributed by atoms with van der Waals surface area (Å²) in [6.07, 6.45) is 4.52. The Labute approximate surface area is 114 Å². The van der Waals surface area contributed by atoms with Gasteiger partial charge in [-0.15, -0.1) is 0 Å². The lowest BCUT2D eigenvalue weighted by Gasteiger charge is -2.57. The summed E-state index contributed by atoms with van der Waals surface area (Å²) in [5, 5.41) is 13.3. The van der Waals surface area contributed by atoms with E-state index in [0.717, 1.165) is 32.1 Å². The van der Waals surface area contributed by atoms with Crippen LogP contribution >= 0.6 is 0 Å². The van der Waals surface area contributed by atoms with Crippen molar-refractivity contribution >= 4 is 6.09 Å². The largest absolute Gasteiger partial charge is 0.446 e. The first kappa shape index (κ1) is 13.2. The van der Waals surface area contributed by atoms with Crippen LogP contribution in [0.25, 0.3) is 0 Å². The highest BCUT2D eigenvalue weighted by Gasteiger charge is 2.56. The lowest BCUT2D eigenvalue weighted by Crippen LogP contribution is -2.58. The first-order valence-electron chi connectivity index (χ1n) is 7.45. The summed E-state index contributed by atoms with van der Waals surface area (Å²) in [6.45, 7) is 5.86. The molecule has 108 valence electrons. The summed E-state index contributed by atoms with van der Waals surface area (Å²) in [5.41, 5.74) is -0.724. The Bertz CT molecular complexity index is 371. The Kier molecular flexibility index (Phi) is 2.86. The van der Waals surface area contributed by atoms with Crippen LogP contribution < -0.4 is 5.32 Å². The van der Waals surface area contributed by atoms with Gasteiger partial charge in [0.25, 0.3) is 0 Å². The zero-order valence-electron chi connectivity index (χ0n) is 12.1. The monoisotopic (exact) mass is 267 g/mol. The van der Waals surface area contributed by atoms with Gasteiger partial charge in [0.05, 0.1) is 5.60 Å². The van der Waals surface area contributed by atoms with E-state index in [2.05, 4.69) is 5.32 Å². The van der Waals surface area contributed by atoms with Gasteiger partial charge in [0, 0.05) is 5.54 Å². The molecule has 2 atom stereocenters. The van der Waals surface area contributed by atoms with E-state index in [1.807, 2.05) is 20.8 Å². The van der Waals surface area contributed by atoms with Crippen LogP contribution in [0.2, 0.25) is 0 Å². The molecule has 0 aromatic carbocycles. The molecule has 4 bridgehead atoms. The van der Waals surface area contributed by atoms with Gasteiger partial charge in [-0.25, -0.2) is 4.79 Å². The Balaban J connectivity index is 1.65. The molecule has 4 saturated carbocycles. The normalized spacial score (nSPS) is 44.2. The topological polar surface area (TPSA) is 58.6 Å². The predicted octanol–water partition coefficient (Wildman–Crippen LogP) is 2.45. The lowest BCUT2D eigenvalue weighted by atomic mass is 9.53. The molecule has 4 fully saturated rings. The van der Waals surface area contributed by atoms with E-state index in [0.29, 0.717) is 17.8 Å². The second kappa shape index (κ2) is 4.11. The second-order valence-corrected chi connectivity index (χ2v) is 7.94. The molecule has 0 radical (unpaired) electrons. The molecule has 2 N–H and O–H groups in total. The molecule has 4 rings (SSSR count). The van der Waals surface area contributed by atoms with Crippen LogP contribution in [-0.2, 0) is 4.74 Å². The van der Waals surface area contributed by atoms with Crippen molar-refractivity contribution in [3.63, 3.8) is 0 Å². The number of rotatable bonds is 1. The van der Waals surface area contributed by atoms with E-state index in [1.54, 1.807) is 0 Å². The number of carbonyl (C=O) groups is 1. The van der Waals surface area contributed by atoms with Crippen molar-refractivity contribution in [2.24, 2.45) is 17.8 Å². The van der Waals surface area contributed by atoms with E-state index >= 15 is 0 Å². The fourth-order valence-corrected chi connectivity index (χ4v) is 4.59. The van der Waals surface area contributed by atoms with Crippen molar-refractivity contribution in [2.45, 2.75) is 70.1 Å². The lowest BCUT2D eigenvalue weighted by molar-refractivity contribution is -0.176. The summed E-state index contributed by atoms with van der Waals surface area (Å²) >= 11 is 0. The molecule has 2 unspecified atom stereocenters. The SMILES string of the molecule is CC(C)(C)NC(=O)OC1C2CC3CC1CC(O)(C3)C2. The van der Waals surface area contributed by atoms with Crippen molar-refractivity contribution in [1.82, 2.24) is 5.32 Å². The zero-order valence-corrected chi connectivity index (χ0v) is 12.1. The maximum absolute atomic E-state index is 11.9. The number of ether oxygens (including phenoxy) is 1. The van der Waals surface area contributed by atoms with Gasteiger partial charge >= 0.3 is 6.09 Å². The fraction of sp³-hybridized carbons (Fsp3) is 0.933. The Morgan fingerprint density at radius 1 is 1.21 bits per heavy atom. The molecule has 1 amide bonds. The van der Waals surface area contributed by atoms with Gasteiger partial charge < -0.3 is 15.2 Å². The average molecular weight is 267 g/mol. The summed E-state index contributed by atoms with van der Waals surface area (Å²) in [4.78, 5) is 11.9. The molecule has 0 spiro atoms. The van der Waals surface area contributed by atoms with Crippen molar-refractivity contribution in [2.75, 3.05) is 0 Å². The Hall–Kier alpha value is -0.770. The van der Waals surface area contributed by atoms with Gasteiger partial charge in [-0.1, -0.05) is 0 Å². The minimum atomic E-state index is -0.461. The molecule has 4 heteroatoms. The van der Waals surface area contributed by atoms with E-state index < -0.39 is 5.60 Å². The zero-order chi connectivity index (χ0) is 13.8. The highest BCUT2D eigenvalue weighted by Crippen LogP contribution is 2.56. The van der Waals surface area contributed by atoms with Crippen molar-refractivity contribution < 1.29 is 14.6 Å². The van der Waals surface area contributed by atoms with Crippen molar-refractivity contribution in [1.29, 1.82) is 0 Å². The molecule has 0 saturated heterocycles. The number of amides is 1. The standard InChI is InChI=1S/C15H25NO3/c1-14(2,3)16-13(17)19-12-10-4-9-5-11(12)8-15(18,6-9)7-10/h9-12,18H,4-8H2,1-3H3,(H,16,17). The second-order valence-electron chi connectivity index (χ2n) is 7.94. The third-order valence-corrected chi connectivity index (χ3v) is 4.87. The molecule has 4 aliphatic carbocycles. The highest BCUT2D eigenvalue weighted by molar-refractivity contribution is 5.68. The van der Waals surface area contributed by atoms with E-state index in [9.17, 15) is 9.90 Å². The van der Waals surface area contributed by atoms with Gasteiger partial charge in [0.1, 0.15) is 6.10 Å². The first-order valence-corrected chi connectivity index (χ1v) is 7.45. The molecular weight excluding hydrogens is 242 g/mol. The highest BCUT2D eigenvalue weighted by atomic mass is 16.6. The summed E-state index contributed by atoms with van der Waals surface area (Å²) in [5.74, 6) is 1.37. The number of alkyl carbamates (subject to hydrolysis) is 1. The molecule has 0 aliphatic heterocycles. The van der Waals surface area contributed by atoms with Crippen molar-refractivity contribution in [3.8, 4) is 0 Å². The van der Waals surface area contributed by atoms with Gasteiger partial charge in [-0.2, -0.15) is 0 Å². The van der Waals surface area contributed by atoms with Crippen LogP contribution in [-0.4, -0.2) is 28.4 Å². The minimum absolute atomic E-state index is 0.0131. The van der Waals surface area contributed by atoms with Gasteiger partial charge in [-0.3, -0.25) is 0 Å². The van der Waals surface area contributed by atoms with Crippen LogP contribution in [0.5, 0.6) is 0 Å². The van der Waals surface area contributed by atoms with Crippen LogP contribution in [0.1, 0.15) is 52.9 Å². The molecule has 4 aliphatic rings. The molecule has 4 nitrogen and oxygen atoms in total. The average Bonchev–Trinajstić information content (AvgIpc) is 2.18. The van der Waals surface area contributed by atoms with E-state index in [-0.39, 0.29) is 17.7 Å². The van der Waals surface area contributed by atoms with Gasteiger partial charge in [0.15, 0.2) is 0 Å². The number of carbonyl (C=O) groups excluding carboxylic acids is 1. The third-order valence-electron chi connectivity index (χ3n) is 4.87. The molecular formula is C15H25NO3. The number of nitrogens with one attached hydrogen (secondary N) is 1. The molecule has 19 heavy (non-hydrogen) atoms.